The molecule has 0 spiro atoms. The minimum atomic E-state index is -3.65. The first kappa shape index (κ1) is 29.5. The van der Waals surface area contributed by atoms with Crippen LogP contribution >= 0.6 is 7.60 Å². The van der Waals surface area contributed by atoms with E-state index in [1.165, 1.54) is 12.1 Å². The van der Waals surface area contributed by atoms with Crippen LogP contribution in [0.3, 0.4) is 0 Å². The summed E-state index contributed by atoms with van der Waals surface area (Å²) in [6.07, 6.45) is 0.252. The summed E-state index contributed by atoms with van der Waals surface area (Å²) in [6.45, 7) is 7.54. The van der Waals surface area contributed by atoms with Crippen molar-refractivity contribution in [3.05, 3.63) is 76.3 Å². The summed E-state index contributed by atoms with van der Waals surface area (Å²) < 4.78 is 36.9. The fourth-order valence-corrected chi connectivity index (χ4v) is 6.37. The highest BCUT2D eigenvalue weighted by atomic mass is 31.2. The zero-order valence-electron chi connectivity index (χ0n) is 23.7. The molecule has 0 radical (unpaired) electrons. The quantitative estimate of drug-likeness (QED) is 0.119. The third-order valence-electron chi connectivity index (χ3n) is 7.28. The smallest absolute Gasteiger partial charge is 0.328 e. The van der Waals surface area contributed by atoms with Crippen molar-refractivity contribution in [2.75, 3.05) is 37.3 Å². The van der Waals surface area contributed by atoms with Gasteiger partial charge in [0.2, 0.25) is 0 Å². The zero-order valence-corrected chi connectivity index (χ0v) is 24.6. The topological polar surface area (TPSA) is 125 Å². The van der Waals surface area contributed by atoms with Gasteiger partial charge in [-0.15, -0.1) is 0 Å². The van der Waals surface area contributed by atoms with Crippen LogP contribution in [-0.2, 0) is 9.09 Å². The number of benzene rings is 3. The molecule has 0 saturated carbocycles. The van der Waals surface area contributed by atoms with Gasteiger partial charge in [-0.1, -0.05) is 12.1 Å². The van der Waals surface area contributed by atoms with Gasteiger partial charge < -0.3 is 29.0 Å². The molecule has 220 valence electrons. The van der Waals surface area contributed by atoms with Gasteiger partial charge in [0.25, 0.3) is 11.5 Å². The summed E-state index contributed by atoms with van der Waals surface area (Å²) in [5, 5.41) is 4.39. The number of H-pyrrole nitrogens is 1. The van der Waals surface area contributed by atoms with Gasteiger partial charge in [-0.05, 0) is 69.2 Å². The third kappa shape index (κ3) is 5.83. The largest absolute Gasteiger partial charge is 0.455 e. The van der Waals surface area contributed by atoms with Crippen molar-refractivity contribution < 1.29 is 27.6 Å². The molecule has 2 aromatic heterocycles. The predicted molar refractivity (Wildman–Crippen MR) is 164 cm³/mol. The molecule has 11 heteroatoms. The molecule has 3 aromatic carbocycles. The molecule has 1 amide bonds. The number of anilines is 1. The predicted octanol–water partition coefficient (Wildman–Crippen LogP) is 6.42. The van der Waals surface area contributed by atoms with E-state index in [0.717, 1.165) is 16.8 Å². The van der Waals surface area contributed by atoms with Crippen LogP contribution in [0.5, 0.6) is 0 Å². The third-order valence-corrected chi connectivity index (χ3v) is 8.82. The van der Waals surface area contributed by atoms with Crippen LogP contribution in [0.4, 0.5) is 10.1 Å². The molecule has 1 atom stereocenters. The number of amides is 1. The Labute approximate surface area is 241 Å². The Hall–Kier alpha value is -3.98. The van der Waals surface area contributed by atoms with Gasteiger partial charge in [0.1, 0.15) is 17.0 Å². The van der Waals surface area contributed by atoms with Gasteiger partial charge in [0.05, 0.1) is 23.7 Å². The average Bonchev–Trinajstić information content (AvgIpc) is 3.34. The van der Waals surface area contributed by atoms with Crippen molar-refractivity contribution in [2.24, 2.45) is 0 Å². The van der Waals surface area contributed by atoms with Crippen molar-refractivity contribution in [2.45, 2.75) is 27.2 Å². The molecule has 0 aliphatic heterocycles. The standard InChI is InChI=1S/C31H33FN3O6P/c1-4-35(5-2)26-18-27-24(28-29(41-27)22-12-11-21(32)16-25(22)34-31(28)37)17-23(26)19-9-7-10-20(15-19)30(36)33-13-8-14-42(38,39)40-6-3/h7,9-12,15-18H,4-6,8,13-14H2,1-3H3,(H,33,36)(H,34,37)(H,38,39). The molecule has 0 bridgehead atoms. The molecule has 1 unspecified atom stereocenters. The molecule has 0 saturated heterocycles. The number of hydrogen-bond donors (Lipinski definition) is 3. The van der Waals surface area contributed by atoms with Crippen LogP contribution in [0.25, 0.3) is 44.0 Å². The maximum absolute atomic E-state index is 13.9. The maximum atomic E-state index is 13.9. The molecule has 0 fully saturated rings. The average molecular weight is 594 g/mol. The fourth-order valence-electron chi connectivity index (χ4n) is 5.28. The molecular weight excluding hydrogens is 560 g/mol. The first-order valence-electron chi connectivity index (χ1n) is 14.0. The molecule has 2 heterocycles. The number of aromatic amines is 1. The first-order valence-corrected chi connectivity index (χ1v) is 15.7. The summed E-state index contributed by atoms with van der Waals surface area (Å²) in [4.78, 5) is 40.8. The highest BCUT2D eigenvalue weighted by molar-refractivity contribution is 7.52. The molecule has 0 aliphatic carbocycles. The van der Waals surface area contributed by atoms with E-state index < -0.39 is 13.4 Å². The second kappa shape index (κ2) is 12.1. The highest BCUT2D eigenvalue weighted by Crippen LogP contribution is 2.42. The van der Waals surface area contributed by atoms with Crippen molar-refractivity contribution >= 4 is 52.0 Å². The molecule has 3 N–H and O–H groups in total. The van der Waals surface area contributed by atoms with Gasteiger partial charge in [-0.2, -0.15) is 0 Å². The van der Waals surface area contributed by atoms with Gasteiger partial charge in [0.15, 0.2) is 0 Å². The lowest BCUT2D eigenvalue weighted by Gasteiger charge is -2.24. The highest BCUT2D eigenvalue weighted by Gasteiger charge is 2.21. The fraction of sp³-hybridized carbons (Fsp3) is 0.290. The van der Waals surface area contributed by atoms with Crippen LogP contribution in [0, 0.1) is 5.82 Å². The Balaban J connectivity index is 1.56. The number of nitrogens with zero attached hydrogens (tertiary/aromatic N) is 1. The second-order valence-electron chi connectivity index (χ2n) is 9.96. The number of pyridine rings is 1. The van der Waals surface area contributed by atoms with E-state index in [0.29, 0.717) is 57.9 Å². The van der Waals surface area contributed by atoms with E-state index in [9.17, 15) is 23.4 Å². The summed E-state index contributed by atoms with van der Waals surface area (Å²) in [5.74, 6) is -0.766. The zero-order chi connectivity index (χ0) is 30.0. The van der Waals surface area contributed by atoms with Gasteiger partial charge in [-0.25, -0.2) is 4.39 Å². The van der Waals surface area contributed by atoms with Gasteiger partial charge in [-0.3, -0.25) is 14.2 Å². The van der Waals surface area contributed by atoms with Crippen LogP contribution < -0.4 is 15.8 Å². The Morgan fingerprint density at radius 2 is 1.88 bits per heavy atom. The number of aromatic nitrogens is 1. The number of hydrogen-bond acceptors (Lipinski definition) is 6. The van der Waals surface area contributed by atoms with Gasteiger partial charge >= 0.3 is 7.60 Å². The first-order chi connectivity index (χ1) is 20.2. The van der Waals surface area contributed by atoms with E-state index in [2.05, 4.69) is 15.2 Å². The minimum Gasteiger partial charge on any atom is -0.455 e. The summed E-state index contributed by atoms with van der Waals surface area (Å²) >= 11 is 0. The van der Waals surface area contributed by atoms with Crippen molar-refractivity contribution in [1.29, 1.82) is 0 Å². The molecular formula is C31H33FN3O6P. The van der Waals surface area contributed by atoms with Gasteiger partial charge in [0, 0.05) is 53.3 Å². The van der Waals surface area contributed by atoms with Crippen LogP contribution in [0.2, 0.25) is 0 Å². The molecule has 9 nitrogen and oxygen atoms in total. The number of furan rings is 1. The Morgan fingerprint density at radius 1 is 1.10 bits per heavy atom. The lowest BCUT2D eigenvalue weighted by atomic mass is 9.98. The Morgan fingerprint density at radius 3 is 2.62 bits per heavy atom. The van der Waals surface area contributed by atoms with Crippen LogP contribution in [-0.4, -0.2) is 48.2 Å². The lowest BCUT2D eigenvalue weighted by Crippen LogP contribution is -2.25. The number of fused-ring (bicyclic) bond motifs is 5. The second-order valence-corrected chi connectivity index (χ2v) is 11.9. The Bertz CT molecular complexity index is 1900. The number of nitrogens with one attached hydrogen (secondary N) is 2. The van der Waals surface area contributed by atoms with Crippen LogP contribution in [0.1, 0.15) is 37.6 Å². The van der Waals surface area contributed by atoms with E-state index in [1.807, 2.05) is 32.0 Å². The number of halogens is 1. The van der Waals surface area contributed by atoms with E-state index >= 15 is 0 Å². The lowest BCUT2D eigenvalue weighted by molar-refractivity contribution is 0.0953. The molecule has 0 aliphatic rings. The van der Waals surface area contributed by atoms with E-state index in [1.54, 1.807) is 31.2 Å². The van der Waals surface area contributed by atoms with Crippen LogP contribution in [0.15, 0.2) is 63.8 Å². The monoisotopic (exact) mass is 593 g/mol. The molecule has 42 heavy (non-hydrogen) atoms. The number of rotatable bonds is 11. The Kier molecular flexibility index (Phi) is 8.50. The summed E-state index contributed by atoms with van der Waals surface area (Å²) in [7, 11) is -3.65. The number of carbonyl (C=O) groups is 1. The molecule has 5 aromatic rings. The number of carbonyl (C=O) groups excluding carboxylic acids is 1. The summed E-state index contributed by atoms with van der Waals surface area (Å²) in [5.41, 5.74) is 3.79. The van der Waals surface area contributed by atoms with E-state index in [4.69, 9.17) is 8.94 Å². The van der Waals surface area contributed by atoms with Crippen molar-refractivity contribution in [3.63, 3.8) is 0 Å². The minimum absolute atomic E-state index is 0.0452. The SMILES string of the molecule is CCOP(=O)(O)CCCNC(=O)c1cccc(-c2cc3c(cc2N(CC)CC)oc2c4ccc(F)cc4[nH]c(=O)c32)c1. The maximum Gasteiger partial charge on any atom is 0.328 e. The summed E-state index contributed by atoms with van der Waals surface area (Å²) in [6, 6.07) is 15.2. The van der Waals surface area contributed by atoms with Crippen molar-refractivity contribution in [3.8, 4) is 11.1 Å². The van der Waals surface area contributed by atoms with E-state index in [-0.39, 0.29) is 30.8 Å². The van der Waals surface area contributed by atoms with Crippen molar-refractivity contribution in [1.82, 2.24) is 10.3 Å². The molecule has 5 rings (SSSR count). The normalized spacial score (nSPS) is 13.1.